The number of fused-ring (bicyclic) bond motifs is 1. The average molecular weight is 309 g/mol. The zero-order valence-corrected chi connectivity index (χ0v) is 12.8. The molecule has 1 aromatic carbocycles. The molecule has 2 rings (SSSR count). The number of nitriles is 1. The molecular formula is C15H17ClN2O3. The van der Waals surface area contributed by atoms with Gasteiger partial charge in [0.1, 0.15) is 0 Å². The maximum absolute atomic E-state index is 12.5. The second kappa shape index (κ2) is 6.90. The van der Waals surface area contributed by atoms with E-state index in [0.717, 1.165) is 5.56 Å². The molecule has 21 heavy (non-hydrogen) atoms. The fourth-order valence-corrected chi connectivity index (χ4v) is 2.68. The van der Waals surface area contributed by atoms with Crippen LogP contribution in [0.15, 0.2) is 18.2 Å². The molecule has 1 amide bonds. The van der Waals surface area contributed by atoms with Crippen molar-refractivity contribution in [3.63, 3.8) is 0 Å². The van der Waals surface area contributed by atoms with Crippen LogP contribution >= 0.6 is 11.6 Å². The van der Waals surface area contributed by atoms with Gasteiger partial charge in [-0.25, -0.2) is 0 Å². The summed E-state index contributed by atoms with van der Waals surface area (Å²) >= 11 is 6.09. The molecule has 6 heteroatoms. The number of hydrogen-bond acceptors (Lipinski definition) is 4. The van der Waals surface area contributed by atoms with Gasteiger partial charge in [0.2, 0.25) is 0 Å². The van der Waals surface area contributed by atoms with E-state index >= 15 is 0 Å². The molecule has 5 nitrogen and oxygen atoms in total. The van der Waals surface area contributed by atoms with E-state index in [1.165, 1.54) is 4.90 Å². The summed E-state index contributed by atoms with van der Waals surface area (Å²) in [5, 5.41) is 9.84. The van der Waals surface area contributed by atoms with Gasteiger partial charge in [-0.15, -0.1) is 0 Å². The van der Waals surface area contributed by atoms with Crippen LogP contribution in [-0.2, 0) is 16.0 Å². The van der Waals surface area contributed by atoms with E-state index < -0.39 is 12.3 Å². The van der Waals surface area contributed by atoms with Gasteiger partial charge in [-0.05, 0) is 25.5 Å². The van der Waals surface area contributed by atoms with E-state index in [1.54, 1.807) is 12.1 Å². The number of benzene rings is 1. The second-order valence-electron chi connectivity index (χ2n) is 4.56. The summed E-state index contributed by atoms with van der Waals surface area (Å²) in [7, 11) is 0. The van der Waals surface area contributed by atoms with E-state index in [4.69, 9.17) is 21.1 Å². The number of carbonyl (C=O) groups is 1. The zero-order chi connectivity index (χ0) is 15.4. The van der Waals surface area contributed by atoms with Crippen LogP contribution < -0.4 is 0 Å². The predicted octanol–water partition coefficient (Wildman–Crippen LogP) is 2.59. The molecule has 0 aromatic heterocycles. The minimum atomic E-state index is -0.805. The molecule has 1 aliphatic heterocycles. The van der Waals surface area contributed by atoms with Crippen LogP contribution in [0.2, 0.25) is 5.02 Å². The Balaban J connectivity index is 2.27. The van der Waals surface area contributed by atoms with Gasteiger partial charge in [0.15, 0.2) is 12.3 Å². The van der Waals surface area contributed by atoms with Crippen LogP contribution in [0.3, 0.4) is 0 Å². The number of nitrogens with zero attached hydrogens (tertiary/aromatic N) is 2. The van der Waals surface area contributed by atoms with Crippen LogP contribution in [0.25, 0.3) is 0 Å². The van der Waals surface area contributed by atoms with Gasteiger partial charge >= 0.3 is 0 Å². The van der Waals surface area contributed by atoms with Crippen molar-refractivity contribution >= 4 is 17.5 Å². The Kier molecular flexibility index (Phi) is 5.18. The van der Waals surface area contributed by atoms with Crippen molar-refractivity contribution in [1.29, 1.82) is 5.26 Å². The first-order valence-electron chi connectivity index (χ1n) is 6.85. The van der Waals surface area contributed by atoms with E-state index in [1.807, 2.05) is 19.9 Å². The lowest BCUT2D eigenvalue weighted by Gasteiger charge is -2.28. The number of halogens is 1. The van der Waals surface area contributed by atoms with Gasteiger partial charge in [-0.2, -0.15) is 5.26 Å². The van der Waals surface area contributed by atoms with Gasteiger partial charge in [0.05, 0.1) is 16.7 Å². The Morgan fingerprint density at radius 1 is 1.38 bits per heavy atom. The van der Waals surface area contributed by atoms with Crippen LogP contribution in [0.5, 0.6) is 0 Å². The highest BCUT2D eigenvalue weighted by Gasteiger charge is 2.38. The van der Waals surface area contributed by atoms with Crippen molar-refractivity contribution in [1.82, 2.24) is 4.90 Å². The third-order valence-corrected chi connectivity index (χ3v) is 3.62. The normalized spacial score (nSPS) is 15.2. The van der Waals surface area contributed by atoms with Crippen LogP contribution in [0.4, 0.5) is 0 Å². The fourth-order valence-electron chi connectivity index (χ4n) is 2.40. The quantitative estimate of drug-likeness (QED) is 0.758. The molecule has 0 saturated heterocycles. The highest BCUT2D eigenvalue weighted by atomic mass is 35.5. The van der Waals surface area contributed by atoms with E-state index in [-0.39, 0.29) is 5.91 Å². The van der Waals surface area contributed by atoms with Gasteiger partial charge in [0.25, 0.3) is 5.91 Å². The average Bonchev–Trinajstić information content (AvgIpc) is 2.79. The van der Waals surface area contributed by atoms with Crippen LogP contribution in [0.1, 0.15) is 29.8 Å². The summed E-state index contributed by atoms with van der Waals surface area (Å²) in [5.41, 5.74) is 1.28. The Labute approximate surface area is 129 Å². The molecule has 0 spiro atoms. The van der Waals surface area contributed by atoms with Gasteiger partial charge in [0, 0.05) is 19.8 Å². The largest absolute Gasteiger partial charge is 0.350 e. The second-order valence-corrected chi connectivity index (χ2v) is 4.97. The molecule has 112 valence electrons. The molecule has 0 saturated carbocycles. The van der Waals surface area contributed by atoms with E-state index in [9.17, 15) is 10.1 Å². The molecule has 1 atom stereocenters. The lowest BCUT2D eigenvalue weighted by atomic mass is 10.1. The molecule has 0 bridgehead atoms. The highest BCUT2D eigenvalue weighted by molar-refractivity contribution is 6.34. The van der Waals surface area contributed by atoms with Crippen molar-refractivity contribution in [3.8, 4) is 6.07 Å². The molecule has 0 radical (unpaired) electrons. The number of hydrogen-bond donors (Lipinski definition) is 0. The summed E-state index contributed by atoms with van der Waals surface area (Å²) in [5.74, 6) is -0.258. The summed E-state index contributed by atoms with van der Waals surface area (Å²) in [6.45, 7) is 4.77. The maximum Gasteiger partial charge on any atom is 0.257 e. The standard InChI is InChI=1S/C15H17ClN2O3/c1-3-20-15(21-4-2)12(8-17)18-9-10-6-5-7-11(16)13(10)14(18)19/h5-7,12,15H,3-4,9H2,1-2H3. The topological polar surface area (TPSA) is 62.6 Å². The molecule has 1 aromatic rings. The van der Waals surface area contributed by atoms with E-state index in [2.05, 4.69) is 6.07 Å². The Morgan fingerprint density at radius 2 is 2.05 bits per heavy atom. The first kappa shape index (κ1) is 15.8. The molecule has 0 fully saturated rings. The SMILES string of the molecule is CCOC(OCC)C(C#N)N1Cc2cccc(Cl)c2C1=O. The number of carbonyl (C=O) groups excluding carboxylic acids is 1. The van der Waals surface area contributed by atoms with Gasteiger partial charge in [-0.1, -0.05) is 23.7 Å². The minimum absolute atomic E-state index is 0.258. The number of amides is 1. The minimum Gasteiger partial charge on any atom is -0.350 e. The van der Waals surface area contributed by atoms with Gasteiger partial charge in [-0.3, -0.25) is 4.79 Å². The van der Waals surface area contributed by atoms with Crippen molar-refractivity contribution in [2.75, 3.05) is 13.2 Å². The first-order chi connectivity index (χ1) is 10.1. The summed E-state index contributed by atoms with van der Waals surface area (Å²) in [4.78, 5) is 14.0. The molecule has 1 aliphatic rings. The first-order valence-corrected chi connectivity index (χ1v) is 7.23. The van der Waals surface area contributed by atoms with Crippen LogP contribution in [-0.4, -0.2) is 36.4 Å². The Bertz CT molecular complexity index is 565. The van der Waals surface area contributed by atoms with Crippen molar-refractivity contribution in [2.45, 2.75) is 32.7 Å². The summed E-state index contributed by atoms with van der Waals surface area (Å²) in [6, 6.07) is 6.61. The monoisotopic (exact) mass is 308 g/mol. The van der Waals surface area contributed by atoms with E-state index in [0.29, 0.717) is 30.3 Å². The summed E-state index contributed by atoms with van der Waals surface area (Å²) in [6.07, 6.45) is -0.762. The Morgan fingerprint density at radius 3 is 2.57 bits per heavy atom. The van der Waals surface area contributed by atoms with Crippen molar-refractivity contribution in [3.05, 3.63) is 34.3 Å². The number of ether oxygens (including phenoxy) is 2. The third kappa shape index (κ3) is 3.03. The third-order valence-electron chi connectivity index (χ3n) is 3.30. The lowest BCUT2D eigenvalue weighted by molar-refractivity contribution is -0.158. The van der Waals surface area contributed by atoms with Crippen molar-refractivity contribution in [2.24, 2.45) is 0 Å². The molecule has 0 N–H and O–H groups in total. The molecule has 1 unspecified atom stereocenters. The molecule has 0 aliphatic carbocycles. The van der Waals surface area contributed by atoms with Gasteiger partial charge < -0.3 is 14.4 Å². The maximum atomic E-state index is 12.5. The van der Waals surface area contributed by atoms with Crippen LogP contribution in [0, 0.1) is 11.3 Å². The Hall–Kier alpha value is -1.61. The lowest BCUT2D eigenvalue weighted by Crippen LogP contribution is -2.45. The number of rotatable bonds is 6. The zero-order valence-electron chi connectivity index (χ0n) is 12.0. The van der Waals surface area contributed by atoms with Crippen molar-refractivity contribution < 1.29 is 14.3 Å². The highest BCUT2D eigenvalue weighted by Crippen LogP contribution is 2.31. The smallest absolute Gasteiger partial charge is 0.257 e. The fraction of sp³-hybridized carbons (Fsp3) is 0.467. The summed E-state index contributed by atoms with van der Waals surface area (Å²) < 4.78 is 10.9. The molecular weight excluding hydrogens is 292 g/mol. The predicted molar refractivity (Wildman–Crippen MR) is 77.8 cm³/mol. The molecule has 1 heterocycles.